The summed E-state index contributed by atoms with van der Waals surface area (Å²) in [5.74, 6) is 0.520. The maximum atomic E-state index is 12.8. The zero-order chi connectivity index (χ0) is 16.6. The summed E-state index contributed by atoms with van der Waals surface area (Å²) >= 11 is 12.2. The van der Waals surface area contributed by atoms with E-state index in [2.05, 4.69) is 6.92 Å². The van der Waals surface area contributed by atoms with Crippen molar-refractivity contribution in [2.45, 2.75) is 51.2 Å². The van der Waals surface area contributed by atoms with E-state index in [1.54, 1.807) is 6.07 Å². The number of hydrogen-bond donors (Lipinski definition) is 1. The summed E-state index contributed by atoms with van der Waals surface area (Å²) in [5.41, 5.74) is 0.990. The van der Waals surface area contributed by atoms with Crippen LogP contribution in [0.2, 0.25) is 10.0 Å². The Bertz CT molecular complexity index is 592. The minimum atomic E-state index is -0.215. The molecule has 126 valence electrons. The Kier molecular flexibility index (Phi) is 5.19. The highest BCUT2D eigenvalue weighted by molar-refractivity contribution is 6.35. The van der Waals surface area contributed by atoms with E-state index in [9.17, 15) is 9.90 Å². The number of benzene rings is 1. The van der Waals surface area contributed by atoms with Gasteiger partial charge in [0, 0.05) is 28.5 Å². The van der Waals surface area contributed by atoms with Gasteiger partial charge in [-0.25, -0.2) is 0 Å². The summed E-state index contributed by atoms with van der Waals surface area (Å²) in [6.07, 6.45) is 3.95. The first kappa shape index (κ1) is 17.1. The molecule has 1 saturated heterocycles. The molecular weight excluding hydrogens is 333 g/mol. The lowest BCUT2D eigenvalue weighted by molar-refractivity contribution is -0.134. The number of aliphatic hydroxyl groups is 1. The van der Waals surface area contributed by atoms with Gasteiger partial charge in [0.05, 0.1) is 6.10 Å². The summed E-state index contributed by atoms with van der Waals surface area (Å²) < 4.78 is 0. The van der Waals surface area contributed by atoms with Crippen molar-refractivity contribution in [2.75, 3.05) is 6.54 Å². The molecule has 1 aromatic carbocycles. The fourth-order valence-corrected chi connectivity index (χ4v) is 4.39. The van der Waals surface area contributed by atoms with E-state index in [1.165, 1.54) is 0 Å². The zero-order valence-corrected chi connectivity index (χ0v) is 14.9. The van der Waals surface area contributed by atoms with Gasteiger partial charge < -0.3 is 10.0 Å². The van der Waals surface area contributed by atoms with E-state index in [0.717, 1.165) is 37.8 Å². The van der Waals surface area contributed by atoms with E-state index in [0.29, 0.717) is 16.5 Å². The molecule has 2 fully saturated rings. The molecule has 0 radical (unpaired) electrons. The van der Waals surface area contributed by atoms with E-state index >= 15 is 0 Å². The van der Waals surface area contributed by atoms with E-state index in [4.69, 9.17) is 23.2 Å². The van der Waals surface area contributed by atoms with Crippen molar-refractivity contribution < 1.29 is 9.90 Å². The number of likely N-dealkylation sites (tertiary alicyclic amines) is 1. The van der Waals surface area contributed by atoms with Crippen molar-refractivity contribution in [3.05, 3.63) is 33.8 Å². The lowest BCUT2D eigenvalue weighted by Gasteiger charge is -2.36. The van der Waals surface area contributed by atoms with Crippen LogP contribution in [0.4, 0.5) is 0 Å². The van der Waals surface area contributed by atoms with Gasteiger partial charge in [-0.1, -0.05) is 36.2 Å². The molecule has 0 spiro atoms. The summed E-state index contributed by atoms with van der Waals surface area (Å²) in [7, 11) is 0. The number of amides is 1. The predicted molar refractivity (Wildman–Crippen MR) is 92.8 cm³/mol. The number of carbonyl (C=O) groups excluding carboxylic acids is 1. The average molecular weight is 356 g/mol. The molecular formula is C18H23Cl2NO2. The molecule has 4 unspecified atom stereocenters. The van der Waals surface area contributed by atoms with Crippen LogP contribution in [0.25, 0.3) is 0 Å². The van der Waals surface area contributed by atoms with E-state index in [1.807, 2.05) is 17.0 Å². The standard InChI is InChI=1S/C18H23Cl2NO2/c1-11-8-15(4-5-17(11)22)21-7-6-13(18(21)23)9-12-2-3-14(19)10-16(12)20/h2-3,10-11,13,15,17,22H,4-9H2,1H3. The van der Waals surface area contributed by atoms with Gasteiger partial charge in [0.25, 0.3) is 0 Å². The molecule has 1 aliphatic heterocycles. The van der Waals surface area contributed by atoms with Crippen LogP contribution in [0.1, 0.15) is 38.2 Å². The summed E-state index contributed by atoms with van der Waals surface area (Å²) in [5, 5.41) is 11.1. The second kappa shape index (κ2) is 7.00. The van der Waals surface area contributed by atoms with Gasteiger partial charge in [-0.3, -0.25) is 4.79 Å². The van der Waals surface area contributed by atoms with Crippen molar-refractivity contribution >= 4 is 29.1 Å². The van der Waals surface area contributed by atoms with Gasteiger partial charge in [-0.15, -0.1) is 0 Å². The molecule has 4 atom stereocenters. The number of halogens is 2. The third-order valence-electron chi connectivity index (χ3n) is 5.37. The Balaban J connectivity index is 1.65. The smallest absolute Gasteiger partial charge is 0.226 e. The van der Waals surface area contributed by atoms with Crippen LogP contribution in [0, 0.1) is 11.8 Å². The second-order valence-electron chi connectivity index (χ2n) is 6.97. The van der Waals surface area contributed by atoms with E-state index < -0.39 is 0 Å². The SMILES string of the molecule is CC1CC(N2CCC(Cc3ccc(Cl)cc3Cl)C2=O)CCC1O. The normalized spacial score (nSPS) is 31.7. The van der Waals surface area contributed by atoms with Crippen LogP contribution in [0.5, 0.6) is 0 Å². The Morgan fingerprint density at radius 3 is 2.74 bits per heavy atom. The van der Waals surface area contributed by atoms with Gasteiger partial charge in [0.15, 0.2) is 0 Å². The Hall–Kier alpha value is -0.770. The maximum Gasteiger partial charge on any atom is 0.226 e. The Morgan fingerprint density at radius 1 is 1.26 bits per heavy atom. The molecule has 3 nitrogen and oxygen atoms in total. The third kappa shape index (κ3) is 3.67. The van der Waals surface area contributed by atoms with Crippen LogP contribution >= 0.6 is 23.2 Å². The van der Waals surface area contributed by atoms with Gasteiger partial charge in [-0.2, -0.15) is 0 Å². The van der Waals surface area contributed by atoms with Crippen LogP contribution in [0.15, 0.2) is 18.2 Å². The molecule has 1 aromatic rings. The molecule has 1 heterocycles. The minimum absolute atomic E-state index is 0.0100. The van der Waals surface area contributed by atoms with E-state index in [-0.39, 0.29) is 29.9 Å². The summed E-state index contributed by atoms with van der Waals surface area (Å²) in [4.78, 5) is 14.8. The number of aliphatic hydroxyl groups excluding tert-OH is 1. The number of rotatable bonds is 3. The largest absolute Gasteiger partial charge is 0.393 e. The lowest BCUT2D eigenvalue weighted by atomic mass is 9.84. The summed E-state index contributed by atoms with van der Waals surface area (Å²) in [6.45, 7) is 2.89. The molecule has 1 aliphatic carbocycles. The van der Waals surface area contributed by atoms with Gasteiger partial charge in [0.2, 0.25) is 5.91 Å². The predicted octanol–water partition coefficient (Wildman–Crippen LogP) is 3.93. The van der Waals surface area contributed by atoms with Gasteiger partial charge in [-0.05, 0) is 55.7 Å². The highest BCUT2D eigenvalue weighted by Gasteiger charge is 2.38. The second-order valence-corrected chi connectivity index (χ2v) is 7.81. The first-order chi connectivity index (χ1) is 11.0. The molecule has 1 N–H and O–H groups in total. The topological polar surface area (TPSA) is 40.5 Å². The fourth-order valence-electron chi connectivity index (χ4n) is 3.90. The first-order valence-corrected chi connectivity index (χ1v) is 9.13. The maximum absolute atomic E-state index is 12.8. The highest BCUT2D eigenvalue weighted by Crippen LogP contribution is 2.34. The molecule has 5 heteroatoms. The van der Waals surface area contributed by atoms with Crippen LogP contribution in [-0.4, -0.2) is 34.6 Å². The van der Waals surface area contributed by atoms with Crippen LogP contribution in [-0.2, 0) is 11.2 Å². The monoisotopic (exact) mass is 355 g/mol. The van der Waals surface area contributed by atoms with Crippen molar-refractivity contribution in [3.63, 3.8) is 0 Å². The fraction of sp³-hybridized carbons (Fsp3) is 0.611. The molecule has 0 bridgehead atoms. The van der Waals surface area contributed by atoms with Crippen LogP contribution < -0.4 is 0 Å². The molecule has 1 saturated carbocycles. The van der Waals surface area contributed by atoms with Gasteiger partial charge in [0.1, 0.15) is 0 Å². The van der Waals surface area contributed by atoms with Crippen molar-refractivity contribution in [1.29, 1.82) is 0 Å². The van der Waals surface area contributed by atoms with Crippen LogP contribution in [0.3, 0.4) is 0 Å². The Labute approximate surface area is 147 Å². The number of hydrogen-bond acceptors (Lipinski definition) is 2. The van der Waals surface area contributed by atoms with Crippen molar-refractivity contribution in [3.8, 4) is 0 Å². The minimum Gasteiger partial charge on any atom is -0.393 e. The lowest BCUT2D eigenvalue weighted by Crippen LogP contribution is -2.43. The Morgan fingerprint density at radius 2 is 2.04 bits per heavy atom. The van der Waals surface area contributed by atoms with Crippen molar-refractivity contribution in [2.24, 2.45) is 11.8 Å². The third-order valence-corrected chi connectivity index (χ3v) is 5.96. The summed E-state index contributed by atoms with van der Waals surface area (Å²) in [6, 6.07) is 5.76. The zero-order valence-electron chi connectivity index (χ0n) is 13.3. The average Bonchev–Trinajstić information content (AvgIpc) is 2.86. The number of carbonyl (C=O) groups is 1. The van der Waals surface area contributed by atoms with Crippen molar-refractivity contribution in [1.82, 2.24) is 4.90 Å². The first-order valence-electron chi connectivity index (χ1n) is 8.38. The molecule has 2 aliphatic rings. The highest BCUT2D eigenvalue weighted by atomic mass is 35.5. The molecule has 23 heavy (non-hydrogen) atoms. The van der Waals surface area contributed by atoms with Gasteiger partial charge >= 0.3 is 0 Å². The molecule has 1 amide bonds. The number of nitrogens with zero attached hydrogens (tertiary/aromatic N) is 1. The quantitative estimate of drug-likeness (QED) is 0.891. The molecule has 3 rings (SSSR count). The molecule has 0 aromatic heterocycles.